The van der Waals surface area contributed by atoms with Crippen molar-refractivity contribution in [2.24, 2.45) is 5.92 Å². The summed E-state index contributed by atoms with van der Waals surface area (Å²) in [5.74, 6) is 0.831. The fourth-order valence-electron chi connectivity index (χ4n) is 6.04. The van der Waals surface area contributed by atoms with Crippen molar-refractivity contribution in [3.8, 4) is 10.4 Å². The minimum atomic E-state index is -0.102. The van der Waals surface area contributed by atoms with Gasteiger partial charge < -0.3 is 10.2 Å². The Bertz CT molecular complexity index is 1500. The number of thiazole rings is 2. The molecule has 1 saturated heterocycles. The number of hydrogen-bond acceptors (Lipinski definition) is 6. The van der Waals surface area contributed by atoms with Gasteiger partial charge in [-0.25, -0.2) is 9.97 Å². The third-order valence-electron chi connectivity index (χ3n) is 8.13. The molecule has 0 unspecified atom stereocenters. The zero-order chi connectivity index (χ0) is 25.1. The molecule has 0 spiro atoms. The van der Waals surface area contributed by atoms with Gasteiger partial charge in [-0.05, 0) is 62.6 Å². The van der Waals surface area contributed by atoms with Crippen LogP contribution in [0.3, 0.4) is 0 Å². The molecule has 0 radical (unpaired) electrons. The van der Waals surface area contributed by atoms with E-state index in [1.165, 1.54) is 16.9 Å². The lowest BCUT2D eigenvalue weighted by molar-refractivity contribution is 0.0577. The number of aryl methyl sites for hydroxylation is 1. The molecule has 37 heavy (non-hydrogen) atoms. The lowest BCUT2D eigenvalue weighted by Gasteiger charge is -2.35. The molecule has 2 saturated carbocycles. The first kappa shape index (κ1) is 23.0. The summed E-state index contributed by atoms with van der Waals surface area (Å²) < 4.78 is 0.902. The summed E-state index contributed by atoms with van der Waals surface area (Å²) in [7, 11) is 0. The van der Waals surface area contributed by atoms with Crippen LogP contribution in [0.1, 0.15) is 69.4 Å². The number of amides is 2. The van der Waals surface area contributed by atoms with E-state index < -0.39 is 0 Å². The van der Waals surface area contributed by atoms with Gasteiger partial charge in [0.2, 0.25) is 0 Å². The number of nitrogens with zero attached hydrogens (tertiary/aromatic N) is 3. The normalized spacial score (nSPS) is 22.6. The van der Waals surface area contributed by atoms with Crippen molar-refractivity contribution in [3.63, 3.8) is 0 Å². The molecule has 3 heterocycles. The molecule has 2 aliphatic carbocycles. The highest BCUT2D eigenvalue weighted by Gasteiger charge is 2.49. The monoisotopic (exact) mass is 528 g/mol. The molecule has 1 aliphatic heterocycles. The highest BCUT2D eigenvalue weighted by molar-refractivity contribution is 7.17. The highest BCUT2D eigenvalue weighted by Crippen LogP contribution is 2.47. The van der Waals surface area contributed by atoms with Gasteiger partial charge in [-0.1, -0.05) is 35.9 Å². The SMILES string of the molecule is Cc1ccc(-c2sc(C3CC3)nc2C(=O)N2[C@@H]3CC[C@@H](C3)[C@H]2CNC(=O)c2cccc3ncsc23)cc1. The van der Waals surface area contributed by atoms with Crippen LogP contribution in [0.15, 0.2) is 48.0 Å². The molecule has 6 nitrogen and oxygen atoms in total. The second kappa shape index (κ2) is 9.03. The largest absolute Gasteiger partial charge is 0.350 e. The fourth-order valence-corrected chi connectivity index (χ4v) is 8.07. The van der Waals surface area contributed by atoms with E-state index in [-0.39, 0.29) is 23.9 Å². The Hall–Kier alpha value is -3.10. The van der Waals surface area contributed by atoms with Crippen LogP contribution in [0.2, 0.25) is 0 Å². The van der Waals surface area contributed by atoms with Crippen LogP contribution >= 0.6 is 22.7 Å². The molecule has 4 aromatic rings. The second-order valence-corrected chi connectivity index (χ2v) is 12.5. The molecule has 8 heteroatoms. The Labute approximate surface area is 223 Å². The van der Waals surface area contributed by atoms with Crippen LogP contribution in [-0.4, -0.2) is 45.3 Å². The average Bonchev–Trinajstić information content (AvgIpc) is 3.29. The van der Waals surface area contributed by atoms with E-state index in [9.17, 15) is 9.59 Å². The molecule has 7 rings (SSSR count). The van der Waals surface area contributed by atoms with Crippen LogP contribution in [0.4, 0.5) is 0 Å². The maximum atomic E-state index is 14.2. The topological polar surface area (TPSA) is 75.2 Å². The standard InChI is InChI=1S/C29H28N4O2S2/c1-16-5-7-17(8-6-16)25-24(32-28(37-25)18-9-10-18)29(35)33-20-12-11-19(13-20)23(33)14-30-27(34)21-3-2-4-22-26(21)36-15-31-22/h2-8,15,18-20,23H,9-14H2,1H3,(H,30,34)/t19-,20+,23+/m0/s1. The van der Waals surface area contributed by atoms with Crippen LogP contribution < -0.4 is 5.32 Å². The van der Waals surface area contributed by atoms with Crippen molar-refractivity contribution in [1.29, 1.82) is 0 Å². The molecule has 3 aliphatic rings. The van der Waals surface area contributed by atoms with Crippen LogP contribution in [0.5, 0.6) is 0 Å². The minimum absolute atomic E-state index is 0.00666. The number of hydrogen-bond donors (Lipinski definition) is 1. The Morgan fingerprint density at radius 1 is 1.08 bits per heavy atom. The molecule has 1 N–H and O–H groups in total. The van der Waals surface area contributed by atoms with Crippen LogP contribution in [-0.2, 0) is 0 Å². The lowest BCUT2D eigenvalue weighted by Crippen LogP contribution is -2.50. The third-order valence-corrected chi connectivity index (χ3v) is 10.3. The minimum Gasteiger partial charge on any atom is -0.350 e. The molecular formula is C29H28N4O2S2. The van der Waals surface area contributed by atoms with Crippen LogP contribution in [0, 0.1) is 12.8 Å². The van der Waals surface area contributed by atoms with Crippen molar-refractivity contribution >= 4 is 44.7 Å². The molecular weight excluding hydrogens is 500 g/mol. The number of benzene rings is 2. The Balaban J connectivity index is 1.17. The van der Waals surface area contributed by atoms with Gasteiger partial charge >= 0.3 is 0 Å². The molecule has 3 atom stereocenters. The number of nitrogens with one attached hydrogen (secondary N) is 1. The van der Waals surface area contributed by atoms with Gasteiger partial charge in [0, 0.05) is 18.5 Å². The Morgan fingerprint density at radius 2 is 1.92 bits per heavy atom. The summed E-state index contributed by atoms with van der Waals surface area (Å²) >= 11 is 3.16. The molecule has 2 aromatic heterocycles. The summed E-state index contributed by atoms with van der Waals surface area (Å²) in [6, 6.07) is 14.3. The van der Waals surface area contributed by atoms with E-state index >= 15 is 0 Å². The van der Waals surface area contributed by atoms with Gasteiger partial charge in [-0.2, -0.15) is 0 Å². The number of piperidine rings is 1. The number of aromatic nitrogens is 2. The van der Waals surface area contributed by atoms with Crippen molar-refractivity contribution in [2.45, 2.75) is 57.0 Å². The van der Waals surface area contributed by atoms with Crippen molar-refractivity contribution in [1.82, 2.24) is 20.2 Å². The van der Waals surface area contributed by atoms with E-state index in [1.54, 1.807) is 16.8 Å². The van der Waals surface area contributed by atoms with Crippen molar-refractivity contribution in [3.05, 3.63) is 69.8 Å². The van der Waals surface area contributed by atoms with Gasteiger partial charge in [-0.3, -0.25) is 9.59 Å². The zero-order valence-electron chi connectivity index (χ0n) is 20.6. The first-order valence-corrected chi connectivity index (χ1v) is 14.8. The maximum absolute atomic E-state index is 14.2. The summed E-state index contributed by atoms with van der Waals surface area (Å²) in [5.41, 5.74) is 6.11. The number of carbonyl (C=O) groups excluding carboxylic acids is 2. The number of rotatable bonds is 6. The second-order valence-electron chi connectivity index (χ2n) is 10.6. The molecule has 188 valence electrons. The lowest BCUT2D eigenvalue weighted by atomic mass is 9.98. The van der Waals surface area contributed by atoms with E-state index in [0.29, 0.717) is 29.6 Å². The molecule has 3 fully saturated rings. The summed E-state index contributed by atoms with van der Waals surface area (Å²) in [4.78, 5) is 39.7. The van der Waals surface area contributed by atoms with Crippen LogP contribution in [0.25, 0.3) is 20.7 Å². The van der Waals surface area contributed by atoms with Gasteiger partial charge in [0.1, 0.15) is 5.69 Å². The predicted octanol–water partition coefficient (Wildman–Crippen LogP) is 6.03. The molecule has 2 aromatic carbocycles. The number of fused-ring (bicyclic) bond motifs is 3. The van der Waals surface area contributed by atoms with E-state index in [1.807, 2.05) is 18.2 Å². The zero-order valence-corrected chi connectivity index (χ0v) is 22.3. The third kappa shape index (κ3) is 4.07. The smallest absolute Gasteiger partial charge is 0.274 e. The van der Waals surface area contributed by atoms with Crippen molar-refractivity contribution < 1.29 is 9.59 Å². The Kier molecular flexibility index (Phi) is 5.62. The number of carbonyl (C=O) groups is 2. The fraction of sp³-hybridized carbons (Fsp3) is 0.379. The van der Waals surface area contributed by atoms with Gasteiger partial charge in [0.05, 0.1) is 37.2 Å². The molecule has 2 amide bonds. The first-order chi connectivity index (χ1) is 18.1. The van der Waals surface area contributed by atoms with Gasteiger partial charge in [-0.15, -0.1) is 22.7 Å². The van der Waals surface area contributed by atoms with E-state index in [0.717, 1.165) is 57.8 Å². The maximum Gasteiger partial charge on any atom is 0.274 e. The van der Waals surface area contributed by atoms with Crippen molar-refractivity contribution in [2.75, 3.05) is 6.54 Å². The quantitative estimate of drug-likeness (QED) is 0.332. The first-order valence-electron chi connectivity index (χ1n) is 13.1. The number of likely N-dealkylation sites (tertiary alicyclic amines) is 1. The van der Waals surface area contributed by atoms with Gasteiger partial charge in [0.15, 0.2) is 0 Å². The summed E-state index contributed by atoms with van der Waals surface area (Å²) in [6.45, 7) is 2.54. The van der Waals surface area contributed by atoms with Gasteiger partial charge in [0.25, 0.3) is 11.8 Å². The Morgan fingerprint density at radius 3 is 2.73 bits per heavy atom. The average molecular weight is 529 g/mol. The van der Waals surface area contributed by atoms with E-state index in [4.69, 9.17) is 4.98 Å². The predicted molar refractivity (Wildman–Crippen MR) is 147 cm³/mol. The van der Waals surface area contributed by atoms with E-state index in [2.05, 4.69) is 46.4 Å². The highest BCUT2D eigenvalue weighted by atomic mass is 32.1. The summed E-state index contributed by atoms with van der Waals surface area (Å²) in [5, 5.41) is 4.25. The summed E-state index contributed by atoms with van der Waals surface area (Å²) in [6.07, 6.45) is 5.46. The molecule has 2 bridgehead atoms.